The molecule has 1 saturated carbocycles. The van der Waals surface area contributed by atoms with Crippen LogP contribution in [0.1, 0.15) is 70.8 Å². The van der Waals surface area contributed by atoms with Gasteiger partial charge in [0.05, 0.1) is 0 Å². The van der Waals surface area contributed by atoms with E-state index in [9.17, 15) is 9.59 Å². The molecule has 1 fully saturated rings. The molecule has 2 aliphatic rings. The number of carbonyl (C=O) groups excluding carboxylic acids is 2. The maximum atomic E-state index is 12.3. The summed E-state index contributed by atoms with van der Waals surface area (Å²) in [5.74, 6) is 1.64. The van der Waals surface area contributed by atoms with E-state index < -0.39 is 0 Å². The minimum atomic E-state index is 0.111. The first-order chi connectivity index (χ1) is 12.5. The highest BCUT2D eigenvalue weighted by Crippen LogP contribution is 2.31. The highest BCUT2D eigenvalue weighted by Gasteiger charge is 2.24. The molecule has 4 nitrogen and oxygen atoms in total. The van der Waals surface area contributed by atoms with E-state index in [1.165, 1.54) is 31.2 Å². The van der Waals surface area contributed by atoms with E-state index >= 15 is 0 Å². The number of nitrogens with one attached hydrogen (secondary N) is 1. The number of amides is 2. The molecule has 0 bridgehead atoms. The summed E-state index contributed by atoms with van der Waals surface area (Å²) in [7, 11) is 0. The van der Waals surface area contributed by atoms with Gasteiger partial charge < -0.3 is 10.2 Å². The summed E-state index contributed by atoms with van der Waals surface area (Å²) >= 11 is 0. The van der Waals surface area contributed by atoms with Gasteiger partial charge in [0.2, 0.25) is 11.8 Å². The van der Waals surface area contributed by atoms with Crippen molar-refractivity contribution in [3.8, 4) is 0 Å². The van der Waals surface area contributed by atoms with Crippen LogP contribution in [0.2, 0.25) is 0 Å². The molecule has 0 aromatic heterocycles. The van der Waals surface area contributed by atoms with Crippen LogP contribution in [0, 0.1) is 11.8 Å². The summed E-state index contributed by atoms with van der Waals surface area (Å²) < 4.78 is 0. The minimum absolute atomic E-state index is 0.111. The molecule has 1 aliphatic heterocycles. The topological polar surface area (TPSA) is 49.4 Å². The van der Waals surface area contributed by atoms with Crippen LogP contribution in [0.15, 0.2) is 18.2 Å². The largest absolute Gasteiger partial charge is 0.326 e. The Balaban J connectivity index is 1.60. The normalized spacial score (nSPS) is 17.7. The van der Waals surface area contributed by atoms with E-state index in [0.29, 0.717) is 18.8 Å². The third kappa shape index (κ3) is 4.87. The van der Waals surface area contributed by atoms with Crippen LogP contribution in [0.25, 0.3) is 0 Å². The van der Waals surface area contributed by atoms with E-state index in [0.717, 1.165) is 43.1 Å². The molecule has 142 valence electrons. The highest BCUT2D eigenvalue weighted by molar-refractivity contribution is 5.97. The number of hydrogen-bond acceptors (Lipinski definition) is 2. The smallest absolute Gasteiger partial charge is 0.227 e. The van der Waals surface area contributed by atoms with Crippen LogP contribution in [-0.4, -0.2) is 18.4 Å². The molecule has 0 atom stereocenters. The Labute approximate surface area is 157 Å². The lowest BCUT2D eigenvalue weighted by Crippen LogP contribution is -2.36. The molecule has 0 saturated heterocycles. The molecule has 26 heavy (non-hydrogen) atoms. The number of rotatable bonds is 7. The van der Waals surface area contributed by atoms with Crippen molar-refractivity contribution in [3.05, 3.63) is 23.8 Å². The highest BCUT2D eigenvalue weighted by atomic mass is 16.2. The summed E-state index contributed by atoms with van der Waals surface area (Å²) in [4.78, 5) is 26.5. The monoisotopic (exact) mass is 356 g/mol. The van der Waals surface area contributed by atoms with Crippen LogP contribution in [0.4, 0.5) is 11.4 Å². The van der Waals surface area contributed by atoms with E-state index in [1.54, 1.807) is 0 Å². The Kier molecular flexibility index (Phi) is 6.33. The lowest BCUT2D eigenvalue weighted by atomic mass is 9.99. The van der Waals surface area contributed by atoms with Crippen molar-refractivity contribution in [1.29, 1.82) is 0 Å². The molecular formula is C22H32N2O2. The lowest BCUT2D eigenvalue weighted by molar-refractivity contribution is -0.119. The van der Waals surface area contributed by atoms with Crippen molar-refractivity contribution < 1.29 is 9.59 Å². The molecule has 2 amide bonds. The third-order valence-electron chi connectivity index (χ3n) is 5.75. The SMILES string of the molecule is CC(C)CCN1C(=O)CCc2cc(NC(=O)CCC3CCCC3)ccc21. The van der Waals surface area contributed by atoms with Gasteiger partial charge in [0, 0.05) is 30.8 Å². The number of anilines is 2. The molecular weight excluding hydrogens is 324 g/mol. The Bertz CT molecular complexity index is 648. The first kappa shape index (κ1) is 18.9. The zero-order valence-electron chi connectivity index (χ0n) is 16.2. The fraction of sp³-hybridized carbons (Fsp3) is 0.636. The molecule has 0 radical (unpaired) electrons. The molecule has 1 aromatic carbocycles. The van der Waals surface area contributed by atoms with Crippen molar-refractivity contribution in [2.45, 2.75) is 71.6 Å². The van der Waals surface area contributed by atoms with Gasteiger partial charge in [-0.3, -0.25) is 9.59 Å². The zero-order chi connectivity index (χ0) is 18.5. The predicted molar refractivity (Wildman–Crippen MR) is 106 cm³/mol. The Hall–Kier alpha value is -1.84. The molecule has 0 spiro atoms. The van der Waals surface area contributed by atoms with Crippen molar-refractivity contribution in [2.75, 3.05) is 16.8 Å². The van der Waals surface area contributed by atoms with Crippen molar-refractivity contribution in [1.82, 2.24) is 0 Å². The lowest BCUT2D eigenvalue weighted by Gasteiger charge is -2.30. The molecule has 1 aliphatic carbocycles. The Morgan fingerprint density at radius 1 is 1.23 bits per heavy atom. The molecule has 1 N–H and O–H groups in total. The fourth-order valence-corrected chi connectivity index (χ4v) is 4.13. The third-order valence-corrected chi connectivity index (χ3v) is 5.75. The maximum Gasteiger partial charge on any atom is 0.227 e. The van der Waals surface area contributed by atoms with Crippen LogP contribution < -0.4 is 10.2 Å². The van der Waals surface area contributed by atoms with Gasteiger partial charge in [-0.15, -0.1) is 0 Å². The fourth-order valence-electron chi connectivity index (χ4n) is 4.13. The second-order valence-electron chi connectivity index (χ2n) is 8.31. The first-order valence-electron chi connectivity index (χ1n) is 10.3. The second-order valence-corrected chi connectivity index (χ2v) is 8.31. The molecule has 4 heteroatoms. The first-order valence-corrected chi connectivity index (χ1v) is 10.3. The van der Waals surface area contributed by atoms with E-state index in [4.69, 9.17) is 0 Å². The summed E-state index contributed by atoms with van der Waals surface area (Å²) in [6.45, 7) is 5.13. The number of carbonyl (C=O) groups is 2. The molecule has 3 rings (SSSR count). The van der Waals surface area contributed by atoms with Crippen LogP contribution in [0.5, 0.6) is 0 Å². The predicted octanol–water partition coefficient (Wildman–Crippen LogP) is 4.92. The van der Waals surface area contributed by atoms with Gasteiger partial charge in [-0.05, 0) is 54.9 Å². The van der Waals surface area contributed by atoms with E-state index in [1.807, 2.05) is 17.0 Å². The summed E-state index contributed by atoms with van der Waals surface area (Å²) in [5, 5.41) is 3.05. The van der Waals surface area contributed by atoms with Gasteiger partial charge in [0.25, 0.3) is 0 Å². The van der Waals surface area contributed by atoms with Gasteiger partial charge in [0.1, 0.15) is 0 Å². The van der Waals surface area contributed by atoms with Crippen molar-refractivity contribution in [2.24, 2.45) is 11.8 Å². The van der Waals surface area contributed by atoms with Gasteiger partial charge in [-0.1, -0.05) is 39.5 Å². The van der Waals surface area contributed by atoms with Crippen LogP contribution >= 0.6 is 0 Å². The number of nitrogens with zero attached hydrogens (tertiary/aromatic N) is 1. The summed E-state index contributed by atoms with van der Waals surface area (Å²) in [5.41, 5.74) is 3.05. The minimum Gasteiger partial charge on any atom is -0.326 e. The Morgan fingerprint density at radius 3 is 2.73 bits per heavy atom. The number of aryl methyl sites for hydroxylation is 1. The standard InChI is InChI=1S/C22H32N2O2/c1-16(2)13-14-24-20-10-9-19(15-18(20)8-12-22(24)26)23-21(25)11-7-17-5-3-4-6-17/h9-10,15-17H,3-8,11-14H2,1-2H3,(H,23,25). The maximum absolute atomic E-state index is 12.3. The van der Waals surface area contributed by atoms with Crippen LogP contribution in [0.3, 0.4) is 0 Å². The van der Waals surface area contributed by atoms with Gasteiger partial charge in [0.15, 0.2) is 0 Å². The van der Waals surface area contributed by atoms with Crippen LogP contribution in [-0.2, 0) is 16.0 Å². The van der Waals surface area contributed by atoms with Gasteiger partial charge in [-0.2, -0.15) is 0 Å². The number of hydrogen-bond donors (Lipinski definition) is 1. The summed E-state index contributed by atoms with van der Waals surface area (Å²) in [6.07, 6.45) is 9.16. The average molecular weight is 357 g/mol. The number of fused-ring (bicyclic) bond motifs is 1. The quantitative estimate of drug-likeness (QED) is 0.754. The molecule has 1 aromatic rings. The van der Waals surface area contributed by atoms with E-state index in [2.05, 4.69) is 25.2 Å². The van der Waals surface area contributed by atoms with E-state index in [-0.39, 0.29) is 11.8 Å². The second kappa shape index (κ2) is 8.70. The molecule has 1 heterocycles. The van der Waals surface area contributed by atoms with Crippen molar-refractivity contribution >= 4 is 23.2 Å². The van der Waals surface area contributed by atoms with Gasteiger partial charge in [-0.25, -0.2) is 0 Å². The van der Waals surface area contributed by atoms with Gasteiger partial charge >= 0.3 is 0 Å². The zero-order valence-corrected chi connectivity index (χ0v) is 16.2. The molecule has 0 unspecified atom stereocenters. The summed E-state index contributed by atoms with van der Waals surface area (Å²) in [6, 6.07) is 5.99. The number of benzene rings is 1. The Morgan fingerprint density at radius 2 is 2.00 bits per heavy atom. The average Bonchev–Trinajstić information content (AvgIpc) is 3.12. The van der Waals surface area contributed by atoms with Crippen molar-refractivity contribution in [3.63, 3.8) is 0 Å².